The molecule has 8 nitrogen and oxygen atoms in total. The van der Waals surface area contributed by atoms with Crippen molar-refractivity contribution in [2.45, 2.75) is 0 Å². The number of carbonyl (C=O) groups excluding carboxylic acids is 1. The van der Waals surface area contributed by atoms with Gasteiger partial charge in [0.25, 0.3) is 5.91 Å². The first-order chi connectivity index (χ1) is 17.0. The Hall–Kier alpha value is -4.17. The molecule has 3 N–H and O–H groups in total. The lowest BCUT2D eigenvalue weighted by Crippen LogP contribution is -2.46. The van der Waals surface area contributed by atoms with Crippen LogP contribution in [-0.4, -0.2) is 71.4 Å². The third-order valence-electron chi connectivity index (χ3n) is 6.18. The number of phenolic OH excluding ortho intramolecular Hbond substituents is 1. The molecule has 178 valence electrons. The quantitative estimate of drug-likeness (QED) is 0.414. The van der Waals surface area contributed by atoms with E-state index in [-0.39, 0.29) is 11.7 Å². The van der Waals surface area contributed by atoms with Gasteiger partial charge in [0.15, 0.2) is 5.65 Å². The molecule has 0 spiro atoms. The Bertz CT molecular complexity index is 1380. The number of amides is 1. The summed E-state index contributed by atoms with van der Waals surface area (Å²) in [5.74, 6) is 0.141. The molecular formula is C27H28N6O2. The van der Waals surface area contributed by atoms with Crippen molar-refractivity contribution in [2.24, 2.45) is 0 Å². The smallest absolute Gasteiger partial charge is 0.254 e. The number of hydrogen-bond acceptors (Lipinski definition) is 6. The van der Waals surface area contributed by atoms with Crippen molar-refractivity contribution < 1.29 is 9.90 Å². The van der Waals surface area contributed by atoms with Gasteiger partial charge in [0.1, 0.15) is 5.75 Å². The molecular weight excluding hydrogens is 440 g/mol. The first-order valence-electron chi connectivity index (χ1n) is 11.6. The maximum Gasteiger partial charge on any atom is 0.254 e. The van der Waals surface area contributed by atoms with Crippen molar-refractivity contribution in [2.75, 3.05) is 45.2 Å². The van der Waals surface area contributed by atoms with E-state index in [2.05, 4.69) is 32.5 Å². The number of nitrogens with one attached hydrogen (secondary N) is 2. The van der Waals surface area contributed by atoms with Crippen molar-refractivity contribution in [3.8, 4) is 17.0 Å². The number of pyridine rings is 1. The van der Waals surface area contributed by atoms with Crippen LogP contribution in [0, 0.1) is 0 Å². The first-order valence-corrected chi connectivity index (χ1v) is 11.6. The van der Waals surface area contributed by atoms with Crippen LogP contribution in [0.4, 0.5) is 5.69 Å². The third kappa shape index (κ3) is 4.74. The Labute approximate surface area is 203 Å². The number of aromatic amines is 1. The molecule has 5 rings (SSSR count). The van der Waals surface area contributed by atoms with E-state index in [1.165, 1.54) is 0 Å². The predicted molar refractivity (Wildman–Crippen MR) is 139 cm³/mol. The first kappa shape index (κ1) is 22.6. The monoisotopic (exact) mass is 468 g/mol. The number of fused-ring (bicyclic) bond motifs is 1. The molecule has 2 aromatic heterocycles. The summed E-state index contributed by atoms with van der Waals surface area (Å²) in [4.78, 5) is 22.3. The maximum atomic E-state index is 13.7. The minimum absolute atomic E-state index is 0.0374. The van der Waals surface area contributed by atoms with E-state index in [1.54, 1.807) is 24.3 Å². The second-order valence-corrected chi connectivity index (χ2v) is 8.80. The Morgan fingerprint density at radius 2 is 1.83 bits per heavy atom. The molecule has 0 atom stereocenters. The van der Waals surface area contributed by atoms with Crippen molar-refractivity contribution in [3.05, 3.63) is 71.4 Å². The van der Waals surface area contributed by atoms with Gasteiger partial charge in [0.2, 0.25) is 0 Å². The van der Waals surface area contributed by atoms with Crippen LogP contribution >= 0.6 is 0 Å². The average Bonchev–Trinajstić information content (AvgIpc) is 3.30. The number of carbonyl (C=O) groups is 1. The number of rotatable bonds is 5. The van der Waals surface area contributed by atoms with Crippen molar-refractivity contribution >= 4 is 34.8 Å². The fourth-order valence-corrected chi connectivity index (χ4v) is 4.24. The Balaban J connectivity index is 1.60. The molecule has 0 radical (unpaired) electrons. The van der Waals surface area contributed by atoms with Crippen LogP contribution in [0.2, 0.25) is 0 Å². The van der Waals surface area contributed by atoms with Gasteiger partial charge in [-0.3, -0.25) is 9.89 Å². The normalized spacial score (nSPS) is 14.1. The fraction of sp³-hybridized carbons (Fsp3) is 0.222. The van der Waals surface area contributed by atoms with Crippen LogP contribution in [-0.2, 0) is 0 Å². The second kappa shape index (κ2) is 9.60. The highest BCUT2D eigenvalue weighted by Gasteiger charge is 2.24. The molecule has 1 saturated heterocycles. The number of aromatic nitrogens is 3. The summed E-state index contributed by atoms with van der Waals surface area (Å²) in [7, 11) is 4.02. The number of phenols is 1. The summed E-state index contributed by atoms with van der Waals surface area (Å²) < 4.78 is 0. The van der Waals surface area contributed by atoms with Crippen LogP contribution in [0.15, 0.2) is 54.6 Å². The standard InChI is InChI=1S/C27H28N6O2/c1-32(2)20-5-3-4-18(16-20)6-11-23-25-22(27(35)33-14-12-28-13-15-33)17-24(29-26(25)31-30-23)19-7-9-21(34)10-8-19/h3-11,16-17,28,34H,12-15H2,1-2H3,(H,29,30,31). The highest BCUT2D eigenvalue weighted by atomic mass is 16.3. The zero-order valence-electron chi connectivity index (χ0n) is 19.8. The molecule has 1 fully saturated rings. The number of aromatic hydroxyl groups is 1. The van der Waals surface area contributed by atoms with Crippen LogP contribution in [0.25, 0.3) is 34.4 Å². The lowest BCUT2D eigenvalue weighted by molar-refractivity contribution is 0.0737. The fourth-order valence-electron chi connectivity index (χ4n) is 4.24. The zero-order valence-corrected chi connectivity index (χ0v) is 19.8. The van der Waals surface area contributed by atoms with Crippen LogP contribution < -0.4 is 10.2 Å². The number of nitrogens with zero attached hydrogens (tertiary/aromatic N) is 4. The molecule has 0 bridgehead atoms. The molecule has 8 heteroatoms. The molecule has 0 unspecified atom stereocenters. The van der Waals surface area contributed by atoms with E-state index in [0.29, 0.717) is 35.4 Å². The molecule has 3 heterocycles. The van der Waals surface area contributed by atoms with Crippen molar-refractivity contribution in [1.82, 2.24) is 25.4 Å². The van der Waals surface area contributed by atoms with Gasteiger partial charge in [-0.25, -0.2) is 4.98 Å². The Morgan fingerprint density at radius 3 is 2.57 bits per heavy atom. The number of anilines is 1. The van der Waals surface area contributed by atoms with E-state index < -0.39 is 0 Å². The molecule has 35 heavy (non-hydrogen) atoms. The minimum Gasteiger partial charge on any atom is -0.508 e. The summed E-state index contributed by atoms with van der Waals surface area (Å²) in [6.45, 7) is 2.84. The number of H-pyrrole nitrogens is 1. The van der Waals surface area contributed by atoms with Crippen molar-refractivity contribution in [3.63, 3.8) is 0 Å². The third-order valence-corrected chi connectivity index (χ3v) is 6.18. The van der Waals surface area contributed by atoms with E-state index in [9.17, 15) is 9.90 Å². The molecule has 1 amide bonds. The SMILES string of the molecule is CN(C)c1cccc(C=Cc2[nH]nc3nc(-c4ccc(O)cc4)cc(C(=O)N4CCNCC4)c23)c1. The van der Waals surface area contributed by atoms with Gasteiger partial charge in [0, 0.05) is 51.5 Å². The molecule has 0 aliphatic carbocycles. The lowest BCUT2D eigenvalue weighted by Gasteiger charge is -2.27. The number of benzene rings is 2. The maximum absolute atomic E-state index is 13.7. The van der Waals surface area contributed by atoms with E-state index >= 15 is 0 Å². The topological polar surface area (TPSA) is 97.4 Å². The van der Waals surface area contributed by atoms with Crippen LogP contribution in [0.3, 0.4) is 0 Å². The van der Waals surface area contributed by atoms with Gasteiger partial charge in [0.05, 0.1) is 22.3 Å². The van der Waals surface area contributed by atoms with E-state index in [0.717, 1.165) is 35.6 Å². The Kier molecular flexibility index (Phi) is 6.20. The molecule has 2 aromatic carbocycles. The van der Waals surface area contributed by atoms with Gasteiger partial charge in [-0.2, -0.15) is 5.10 Å². The average molecular weight is 469 g/mol. The number of piperazine rings is 1. The van der Waals surface area contributed by atoms with Gasteiger partial charge >= 0.3 is 0 Å². The van der Waals surface area contributed by atoms with Crippen molar-refractivity contribution in [1.29, 1.82) is 0 Å². The zero-order chi connectivity index (χ0) is 24.4. The number of hydrogen-bond donors (Lipinski definition) is 3. The second-order valence-electron chi connectivity index (χ2n) is 8.80. The van der Waals surface area contributed by atoms with Gasteiger partial charge in [-0.15, -0.1) is 0 Å². The molecule has 0 saturated carbocycles. The summed E-state index contributed by atoms with van der Waals surface area (Å²) in [6.07, 6.45) is 3.95. The highest BCUT2D eigenvalue weighted by Crippen LogP contribution is 2.29. The van der Waals surface area contributed by atoms with Gasteiger partial charge in [-0.1, -0.05) is 18.2 Å². The highest BCUT2D eigenvalue weighted by molar-refractivity contribution is 6.09. The van der Waals surface area contributed by atoms with Crippen LogP contribution in [0.5, 0.6) is 5.75 Å². The van der Waals surface area contributed by atoms with Crippen LogP contribution in [0.1, 0.15) is 21.6 Å². The summed E-state index contributed by atoms with van der Waals surface area (Å²) in [5, 5.41) is 21.2. The molecule has 1 aliphatic rings. The largest absolute Gasteiger partial charge is 0.508 e. The van der Waals surface area contributed by atoms with Gasteiger partial charge < -0.3 is 20.2 Å². The van der Waals surface area contributed by atoms with E-state index in [4.69, 9.17) is 4.98 Å². The van der Waals surface area contributed by atoms with E-state index in [1.807, 2.05) is 49.3 Å². The summed E-state index contributed by atoms with van der Waals surface area (Å²) >= 11 is 0. The molecule has 1 aliphatic heterocycles. The summed E-state index contributed by atoms with van der Waals surface area (Å²) in [6, 6.07) is 16.8. The predicted octanol–water partition coefficient (Wildman–Crippen LogP) is 3.61. The lowest BCUT2D eigenvalue weighted by atomic mass is 10.0. The summed E-state index contributed by atoms with van der Waals surface area (Å²) in [5.41, 5.74) is 5.38. The molecule has 4 aromatic rings. The van der Waals surface area contributed by atoms with Gasteiger partial charge in [-0.05, 0) is 54.1 Å². The minimum atomic E-state index is -0.0374. The Morgan fingerprint density at radius 1 is 1.06 bits per heavy atom.